The third-order valence-electron chi connectivity index (χ3n) is 7.37. The second-order valence-corrected chi connectivity index (χ2v) is 9.63. The highest BCUT2D eigenvalue weighted by molar-refractivity contribution is 6.07. The molecule has 29 heavy (non-hydrogen) atoms. The molecule has 1 N–H and O–H groups in total. The number of aromatic nitrogens is 1. The molecule has 148 valence electrons. The Morgan fingerprint density at radius 1 is 1.03 bits per heavy atom. The number of amides is 1. The standard InChI is InChI=1S/C25H26N2O2/c1-15-6-7-23(29-15)22-11-20(19-4-2-3-5-21(19)26-22)24(28)27-25-12-16-8-17(13-25)10-18(9-16)14-25/h2-7,11,16-18H,8-10,12-14H2,1H3,(H,27,28). The predicted octanol–water partition coefficient (Wildman–Crippen LogP) is 5.50. The van der Waals surface area contributed by atoms with Crippen LogP contribution in [0.4, 0.5) is 0 Å². The van der Waals surface area contributed by atoms with Crippen LogP contribution in [0.3, 0.4) is 0 Å². The lowest BCUT2D eigenvalue weighted by molar-refractivity contribution is -0.0166. The average molecular weight is 386 g/mol. The van der Waals surface area contributed by atoms with Crippen molar-refractivity contribution in [1.29, 1.82) is 0 Å². The largest absolute Gasteiger partial charge is 0.460 e. The van der Waals surface area contributed by atoms with Crippen LogP contribution in [-0.2, 0) is 0 Å². The second kappa shape index (κ2) is 6.19. The minimum atomic E-state index is -0.00234. The molecule has 4 fully saturated rings. The van der Waals surface area contributed by atoms with Crippen molar-refractivity contribution in [3.8, 4) is 11.5 Å². The monoisotopic (exact) mass is 386 g/mol. The van der Waals surface area contributed by atoms with Crippen LogP contribution >= 0.6 is 0 Å². The Morgan fingerprint density at radius 3 is 2.38 bits per heavy atom. The van der Waals surface area contributed by atoms with Crippen LogP contribution in [0.15, 0.2) is 46.9 Å². The van der Waals surface area contributed by atoms with Crippen LogP contribution in [0.5, 0.6) is 0 Å². The Labute approximate surface area is 170 Å². The fraction of sp³-hybridized carbons (Fsp3) is 0.440. The fourth-order valence-corrected chi connectivity index (χ4v) is 6.63. The van der Waals surface area contributed by atoms with Gasteiger partial charge in [0.2, 0.25) is 0 Å². The van der Waals surface area contributed by atoms with E-state index in [1.54, 1.807) is 0 Å². The van der Waals surface area contributed by atoms with Gasteiger partial charge in [-0.05, 0) is 87.5 Å². The van der Waals surface area contributed by atoms with E-state index in [2.05, 4.69) is 5.32 Å². The van der Waals surface area contributed by atoms with E-state index >= 15 is 0 Å². The molecular weight excluding hydrogens is 360 g/mol. The van der Waals surface area contributed by atoms with E-state index in [1.807, 2.05) is 49.4 Å². The number of aryl methyl sites for hydroxylation is 1. The molecule has 4 aliphatic rings. The van der Waals surface area contributed by atoms with Gasteiger partial charge in [-0.1, -0.05) is 18.2 Å². The quantitative estimate of drug-likeness (QED) is 0.646. The lowest BCUT2D eigenvalue weighted by Crippen LogP contribution is -2.59. The summed E-state index contributed by atoms with van der Waals surface area (Å²) in [6.07, 6.45) is 7.56. The summed E-state index contributed by atoms with van der Waals surface area (Å²) in [5.41, 5.74) is 2.25. The number of fused-ring (bicyclic) bond motifs is 1. The molecule has 4 saturated carbocycles. The number of pyridine rings is 1. The molecule has 7 rings (SSSR count). The molecule has 2 heterocycles. The number of hydrogen-bond donors (Lipinski definition) is 1. The van der Waals surface area contributed by atoms with Crippen LogP contribution in [-0.4, -0.2) is 16.4 Å². The third-order valence-corrected chi connectivity index (χ3v) is 7.37. The topological polar surface area (TPSA) is 55.1 Å². The van der Waals surface area contributed by atoms with Gasteiger partial charge in [-0.3, -0.25) is 4.79 Å². The number of carbonyl (C=O) groups is 1. The van der Waals surface area contributed by atoms with Crippen LogP contribution in [0.2, 0.25) is 0 Å². The molecule has 4 nitrogen and oxygen atoms in total. The first-order chi connectivity index (χ1) is 14.1. The van der Waals surface area contributed by atoms with Gasteiger partial charge in [-0.25, -0.2) is 4.98 Å². The van der Waals surface area contributed by atoms with Gasteiger partial charge in [0.1, 0.15) is 11.5 Å². The zero-order chi connectivity index (χ0) is 19.6. The van der Waals surface area contributed by atoms with Gasteiger partial charge in [0.15, 0.2) is 5.76 Å². The molecule has 0 radical (unpaired) electrons. The molecule has 4 aliphatic carbocycles. The fourth-order valence-electron chi connectivity index (χ4n) is 6.63. The minimum absolute atomic E-state index is 0.00234. The summed E-state index contributed by atoms with van der Waals surface area (Å²) in [5.74, 6) is 3.99. The van der Waals surface area contributed by atoms with Crippen molar-refractivity contribution in [2.45, 2.75) is 51.0 Å². The third kappa shape index (κ3) is 2.88. The summed E-state index contributed by atoms with van der Waals surface area (Å²) in [6, 6.07) is 13.7. The molecular formula is C25H26N2O2. The number of hydrogen-bond acceptors (Lipinski definition) is 3. The number of benzene rings is 1. The molecule has 1 aromatic carbocycles. The molecule has 4 bridgehead atoms. The average Bonchev–Trinajstić information content (AvgIpc) is 3.12. The van der Waals surface area contributed by atoms with E-state index < -0.39 is 0 Å². The lowest BCUT2D eigenvalue weighted by atomic mass is 9.53. The van der Waals surface area contributed by atoms with Crippen molar-refractivity contribution in [2.24, 2.45) is 17.8 Å². The van der Waals surface area contributed by atoms with Crippen LogP contribution in [0, 0.1) is 24.7 Å². The van der Waals surface area contributed by atoms with E-state index in [1.165, 1.54) is 19.3 Å². The number of rotatable bonds is 3. The van der Waals surface area contributed by atoms with E-state index in [4.69, 9.17) is 9.40 Å². The Hall–Kier alpha value is -2.62. The number of nitrogens with zero attached hydrogens (tertiary/aromatic N) is 1. The molecule has 0 unspecified atom stereocenters. The van der Waals surface area contributed by atoms with E-state index in [0.29, 0.717) is 17.0 Å². The van der Waals surface area contributed by atoms with Gasteiger partial charge in [-0.15, -0.1) is 0 Å². The highest BCUT2D eigenvalue weighted by Crippen LogP contribution is 2.55. The minimum Gasteiger partial charge on any atom is -0.460 e. The number of carbonyl (C=O) groups excluding carboxylic acids is 1. The first-order valence-electron chi connectivity index (χ1n) is 10.9. The van der Waals surface area contributed by atoms with Crippen molar-refractivity contribution in [2.75, 3.05) is 0 Å². The van der Waals surface area contributed by atoms with Gasteiger partial charge in [-0.2, -0.15) is 0 Å². The Balaban J connectivity index is 1.39. The first-order valence-corrected chi connectivity index (χ1v) is 10.9. The lowest BCUT2D eigenvalue weighted by Gasteiger charge is -2.56. The van der Waals surface area contributed by atoms with Crippen LogP contribution < -0.4 is 5.32 Å². The van der Waals surface area contributed by atoms with Gasteiger partial charge in [0, 0.05) is 10.9 Å². The SMILES string of the molecule is Cc1ccc(-c2cc(C(=O)NC34CC5CC(CC(C5)C3)C4)c3ccccc3n2)o1. The second-order valence-electron chi connectivity index (χ2n) is 9.63. The van der Waals surface area contributed by atoms with Gasteiger partial charge in [0.25, 0.3) is 5.91 Å². The summed E-state index contributed by atoms with van der Waals surface area (Å²) >= 11 is 0. The van der Waals surface area contributed by atoms with E-state index in [0.717, 1.165) is 53.7 Å². The molecule has 0 aliphatic heterocycles. The number of furan rings is 1. The first kappa shape index (κ1) is 17.3. The maximum Gasteiger partial charge on any atom is 0.252 e. The van der Waals surface area contributed by atoms with E-state index in [9.17, 15) is 4.79 Å². The summed E-state index contributed by atoms with van der Waals surface area (Å²) in [7, 11) is 0. The van der Waals surface area contributed by atoms with Crippen molar-refractivity contribution in [3.05, 3.63) is 53.8 Å². The zero-order valence-corrected chi connectivity index (χ0v) is 16.8. The van der Waals surface area contributed by atoms with Crippen molar-refractivity contribution >= 4 is 16.8 Å². The van der Waals surface area contributed by atoms with Gasteiger partial charge >= 0.3 is 0 Å². The molecule has 1 amide bonds. The predicted molar refractivity (Wildman–Crippen MR) is 113 cm³/mol. The Morgan fingerprint density at radius 2 is 1.72 bits per heavy atom. The molecule has 0 atom stereocenters. The Kier molecular flexibility index (Phi) is 3.68. The van der Waals surface area contributed by atoms with Crippen molar-refractivity contribution in [1.82, 2.24) is 10.3 Å². The zero-order valence-electron chi connectivity index (χ0n) is 16.8. The molecule has 3 aromatic rings. The summed E-state index contributed by atoms with van der Waals surface area (Å²) in [5, 5.41) is 4.42. The molecule has 2 aromatic heterocycles. The van der Waals surface area contributed by atoms with Crippen molar-refractivity contribution in [3.63, 3.8) is 0 Å². The molecule has 0 saturated heterocycles. The maximum atomic E-state index is 13.6. The summed E-state index contributed by atoms with van der Waals surface area (Å²) in [4.78, 5) is 18.3. The number of nitrogens with one attached hydrogen (secondary N) is 1. The Bertz CT molecular complexity index is 1080. The summed E-state index contributed by atoms with van der Waals surface area (Å²) < 4.78 is 5.79. The smallest absolute Gasteiger partial charge is 0.252 e. The normalized spacial score (nSPS) is 30.0. The number of para-hydroxylation sites is 1. The van der Waals surface area contributed by atoms with Crippen molar-refractivity contribution < 1.29 is 9.21 Å². The molecule has 0 spiro atoms. The van der Waals surface area contributed by atoms with Gasteiger partial charge < -0.3 is 9.73 Å². The maximum absolute atomic E-state index is 13.6. The van der Waals surface area contributed by atoms with Gasteiger partial charge in [0.05, 0.1) is 11.1 Å². The van der Waals surface area contributed by atoms with Crippen LogP contribution in [0.25, 0.3) is 22.4 Å². The highest BCUT2D eigenvalue weighted by atomic mass is 16.3. The van der Waals surface area contributed by atoms with Crippen LogP contribution in [0.1, 0.15) is 54.6 Å². The summed E-state index contributed by atoms with van der Waals surface area (Å²) in [6.45, 7) is 1.92. The van der Waals surface area contributed by atoms with E-state index in [-0.39, 0.29) is 11.4 Å². The molecule has 4 heteroatoms. The highest BCUT2D eigenvalue weighted by Gasteiger charge is 2.51.